The Labute approximate surface area is 240 Å². The zero-order valence-electron chi connectivity index (χ0n) is 23.2. The second-order valence-electron chi connectivity index (χ2n) is 10.5. The lowest BCUT2D eigenvalue weighted by molar-refractivity contribution is -0.120. The Hall–Kier alpha value is -4.96. The Balaban J connectivity index is 0.000000233. The van der Waals surface area contributed by atoms with Crippen LogP contribution in [0.1, 0.15) is 56.3 Å². The summed E-state index contributed by atoms with van der Waals surface area (Å²) in [6.45, 7) is 5.88. The first-order valence-corrected chi connectivity index (χ1v) is 13.7. The topological polar surface area (TPSA) is 52.6 Å². The maximum Gasteiger partial charge on any atom is 0.234 e. The lowest BCUT2D eigenvalue weighted by Gasteiger charge is -2.33. The number of carbonyl (C=O) groups excluding carboxylic acids is 2. The number of fused-ring (bicyclic) bond motifs is 4. The Morgan fingerprint density at radius 2 is 0.878 bits per heavy atom. The van der Waals surface area contributed by atoms with Crippen molar-refractivity contribution in [3.05, 3.63) is 154 Å². The van der Waals surface area contributed by atoms with Crippen molar-refractivity contribution in [2.24, 2.45) is 0 Å². The molecule has 4 nitrogen and oxygen atoms in total. The van der Waals surface area contributed by atoms with Gasteiger partial charge in [-0.15, -0.1) is 0 Å². The first-order valence-electron chi connectivity index (χ1n) is 13.7. The highest BCUT2D eigenvalue weighted by molar-refractivity contribution is 5.99. The molecule has 0 fully saturated rings. The smallest absolute Gasteiger partial charge is 0.234 e. The van der Waals surface area contributed by atoms with E-state index < -0.39 is 11.8 Å². The van der Waals surface area contributed by atoms with Gasteiger partial charge in [-0.05, 0) is 56.2 Å². The van der Waals surface area contributed by atoms with Gasteiger partial charge in [0.15, 0.2) is 5.78 Å². The molecule has 1 radical (unpaired) electrons. The van der Waals surface area contributed by atoms with E-state index in [2.05, 4.69) is 0 Å². The zero-order valence-corrected chi connectivity index (χ0v) is 23.2. The third-order valence-corrected chi connectivity index (χ3v) is 7.71. The molecule has 4 heteroatoms. The van der Waals surface area contributed by atoms with Gasteiger partial charge < -0.3 is 9.47 Å². The van der Waals surface area contributed by atoms with Crippen LogP contribution in [0.2, 0.25) is 0 Å². The minimum atomic E-state index is -0.407. The third-order valence-electron chi connectivity index (χ3n) is 7.71. The summed E-state index contributed by atoms with van der Waals surface area (Å²) in [5.74, 6) is 2.27. The average molecular weight is 538 g/mol. The van der Waals surface area contributed by atoms with Crippen molar-refractivity contribution in [3.63, 3.8) is 0 Å². The van der Waals surface area contributed by atoms with Crippen LogP contribution < -0.4 is 9.47 Å². The molecule has 0 bridgehead atoms. The highest BCUT2D eigenvalue weighted by atomic mass is 16.5. The molecular weight excluding hydrogens is 508 g/mol. The SMILES string of the molecule is Cc1cc(C)c([C]=O)c(C)c1.O=C(C1c2ccccc2Oc2ccccc21)C1c2ccccc2Oc2ccccc21. The predicted octanol–water partition coefficient (Wildman–Crippen LogP) is 8.50. The Kier molecular flexibility index (Phi) is 6.98. The Morgan fingerprint density at radius 1 is 0.561 bits per heavy atom. The molecular formula is C37H29O4. The molecule has 0 aromatic heterocycles. The van der Waals surface area contributed by atoms with Crippen molar-refractivity contribution in [2.45, 2.75) is 32.6 Å². The van der Waals surface area contributed by atoms with Crippen LogP contribution in [0.15, 0.2) is 109 Å². The van der Waals surface area contributed by atoms with Crippen LogP contribution in [0.3, 0.4) is 0 Å². The van der Waals surface area contributed by atoms with Crippen molar-refractivity contribution in [3.8, 4) is 23.0 Å². The lowest BCUT2D eigenvalue weighted by atomic mass is 9.75. The molecule has 5 aromatic carbocycles. The summed E-state index contributed by atoms with van der Waals surface area (Å²) in [6, 6.07) is 35.3. The maximum absolute atomic E-state index is 14.3. The molecule has 0 amide bonds. The zero-order chi connectivity index (χ0) is 28.5. The van der Waals surface area contributed by atoms with E-state index in [-0.39, 0.29) is 5.78 Å². The van der Waals surface area contributed by atoms with Gasteiger partial charge in [0.2, 0.25) is 6.29 Å². The second kappa shape index (κ2) is 10.9. The third kappa shape index (κ3) is 4.82. The second-order valence-corrected chi connectivity index (χ2v) is 10.5. The number of para-hydroxylation sites is 4. The first kappa shape index (κ1) is 26.3. The monoisotopic (exact) mass is 537 g/mol. The number of aryl methyl sites for hydroxylation is 3. The van der Waals surface area contributed by atoms with Gasteiger partial charge in [-0.3, -0.25) is 9.59 Å². The molecule has 0 saturated heterocycles. The van der Waals surface area contributed by atoms with Crippen LogP contribution in [0.25, 0.3) is 0 Å². The van der Waals surface area contributed by atoms with Gasteiger partial charge in [-0.25, -0.2) is 0 Å². The minimum absolute atomic E-state index is 0.126. The van der Waals surface area contributed by atoms with Gasteiger partial charge in [-0.2, -0.15) is 0 Å². The molecule has 0 saturated carbocycles. The van der Waals surface area contributed by atoms with Gasteiger partial charge in [-0.1, -0.05) is 90.5 Å². The molecule has 5 aromatic rings. The molecule has 0 aliphatic carbocycles. The fraction of sp³-hybridized carbons (Fsp3) is 0.135. The highest BCUT2D eigenvalue weighted by Gasteiger charge is 2.40. The van der Waals surface area contributed by atoms with Crippen LogP contribution in [0, 0.1) is 20.8 Å². The fourth-order valence-corrected chi connectivity index (χ4v) is 5.94. The molecule has 41 heavy (non-hydrogen) atoms. The number of benzene rings is 5. The summed E-state index contributed by atoms with van der Waals surface area (Å²) >= 11 is 0. The molecule has 0 unspecified atom stereocenters. The van der Waals surface area contributed by atoms with Crippen molar-refractivity contribution in [1.82, 2.24) is 0 Å². The molecule has 0 spiro atoms. The van der Waals surface area contributed by atoms with Gasteiger partial charge in [0, 0.05) is 27.8 Å². The van der Waals surface area contributed by atoms with Gasteiger partial charge in [0.25, 0.3) is 0 Å². The van der Waals surface area contributed by atoms with E-state index >= 15 is 0 Å². The summed E-state index contributed by atoms with van der Waals surface area (Å²) in [5.41, 5.74) is 7.54. The van der Waals surface area contributed by atoms with Gasteiger partial charge in [0.1, 0.15) is 23.0 Å². The molecule has 201 valence electrons. The largest absolute Gasteiger partial charge is 0.457 e. The van der Waals surface area contributed by atoms with Crippen LogP contribution in [0.5, 0.6) is 23.0 Å². The maximum atomic E-state index is 14.3. The van der Waals surface area contributed by atoms with E-state index in [0.29, 0.717) is 5.56 Å². The van der Waals surface area contributed by atoms with Crippen LogP contribution in [-0.4, -0.2) is 12.1 Å². The summed E-state index contributed by atoms with van der Waals surface area (Å²) in [7, 11) is 0. The molecule has 2 heterocycles. The Bertz CT molecular complexity index is 1570. The minimum Gasteiger partial charge on any atom is -0.457 e. The summed E-state index contributed by atoms with van der Waals surface area (Å²) in [5, 5.41) is 0. The average Bonchev–Trinajstić information content (AvgIpc) is 2.98. The van der Waals surface area contributed by atoms with E-state index in [1.54, 1.807) is 0 Å². The number of Topliss-reactive ketones (excluding diaryl/α,β-unsaturated/α-hetero) is 1. The lowest BCUT2D eigenvalue weighted by Crippen LogP contribution is -2.27. The molecule has 2 aliphatic heterocycles. The highest BCUT2D eigenvalue weighted by Crippen LogP contribution is 2.51. The number of hydrogen-bond donors (Lipinski definition) is 0. The fourth-order valence-electron chi connectivity index (χ4n) is 5.94. The number of rotatable bonds is 3. The summed E-state index contributed by atoms with van der Waals surface area (Å²) < 4.78 is 12.2. The number of carbonyl (C=O) groups is 1. The van der Waals surface area contributed by atoms with Crippen molar-refractivity contribution < 1.29 is 19.1 Å². The van der Waals surface area contributed by atoms with Crippen LogP contribution in [0.4, 0.5) is 0 Å². The van der Waals surface area contributed by atoms with E-state index in [1.165, 1.54) is 5.56 Å². The van der Waals surface area contributed by atoms with Crippen LogP contribution in [-0.2, 0) is 9.59 Å². The quantitative estimate of drug-likeness (QED) is 0.232. The molecule has 2 aliphatic rings. The summed E-state index contributed by atoms with van der Waals surface area (Å²) in [6.07, 6.45) is 1.94. The normalized spacial score (nSPS) is 13.1. The van der Waals surface area contributed by atoms with Crippen molar-refractivity contribution in [2.75, 3.05) is 0 Å². The number of ether oxygens (including phenoxy) is 2. The van der Waals surface area contributed by atoms with E-state index in [4.69, 9.17) is 9.47 Å². The number of ketones is 1. The van der Waals surface area contributed by atoms with Crippen molar-refractivity contribution in [1.29, 1.82) is 0 Å². The molecule has 7 rings (SSSR count). The van der Waals surface area contributed by atoms with E-state index in [0.717, 1.165) is 56.4 Å². The van der Waals surface area contributed by atoms with Gasteiger partial charge in [0.05, 0.1) is 11.8 Å². The standard InChI is InChI=1S/C27H18O3.C10H11O/c28-27(25-17-9-1-5-13-21(17)29-22-14-6-2-10-18(22)25)26-19-11-3-7-15-23(19)30-24-16-8-4-12-20(24)26;1-7-4-8(2)10(6-11)9(3)5-7/h1-16,25-26H;4-5H,1-3H3. The molecule has 0 N–H and O–H groups in total. The summed E-state index contributed by atoms with van der Waals surface area (Å²) in [4.78, 5) is 24.7. The first-order chi connectivity index (χ1) is 20.0. The Morgan fingerprint density at radius 3 is 1.20 bits per heavy atom. The van der Waals surface area contributed by atoms with E-state index in [1.807, 2.05) is 136 Å². The predicted molar refractivity (Wildman–Crippen MR) is 160 cm³/mol. The van der Waals surface area contributed by atoms with Crippen LogP contribution >= 0.6 is 0 Å². The van der Waals surface area contributed by atoms with E-state index in [9.17, 15) is 9.59 Å². The van der Waals surface area contributed by atoms with Crippen molar-refractivity contribution >= 4 is 12.1 Å². The van der Waals surface area contributed by atoms with Gasteiger partial charge >= 0.3 is 0 Å². The molecule has 0 atom stereocenters. The number of hydrogen-bond acceptors (Lipinski definition) is 4.